The maximum absolute atomic E-state index is 13.6. The number of nitrogens with two attached hydrogens (primary N) is 1. The van der Waals surface area contributed by atoms with Gasteiger partial charge in [0, 0.05) is 13.1 Å². The van der Waals surface area contributed by atoms with Crippen molar-refractivity contribution in [3.63, 3.8) is 0 Å². The van der Waals surface area contributed by atoms with Gasteiger partial charge < -0.3 is 15.7 Å². The molecule has 0 amide bonds. The van der Waals surface area contributed by atoms with Crippen molar-refractivity contribution < 1.29 is 9.50 Å². The Labute approximate surface area is 95.7 Å². The number of aliphatic hydroxyl groups is 1. The Morgan fingerprint density at radius 3 is 2.69 bits per heavy atom. The Morgan fingerprint density at radius 1 is 1.44 bits per heavy atom. The first-order valence-electron chi connectivity index (χ1n) is 5.52. The average Bonchev–Trinajstić information content (AvgIpc) is 2.24. The summed E-state index contributed by atoms with van der Waals surface area (Å²) in [6.45, 7) is 3.32. The van der Waals surface area contributed by atoms with Crippen LogP contribution in [-0.2, 0) is 0 Å². The van der Waals surface area contributed by atoms with Gasteiger partial charge in [0.2, 0.25) is 0 Å². The van der Waals surface area contributed by atoms with Crippen LogP contribution in [0.4, 0.5) is 10.1 Å². The van der Waals surface area contributed by atoms with E-state index in [4.69, 9.17) is 5.73 Å². The zero-order valence-corrected chi connectivity index (χ0v) is 9.56. The van der Waals surface area contributed by atoms with Crippen molar-refractivity contribution >= 4 is 5.69 Å². The lowest BCUT2D eigenvalue weighted by Gasteiger charge is -2.26. The normalized spacial score (nSPS) is 12.5. The molecule has 16 heavy (non-hydrogen) atoms. The minimum Gasteiger partial charge on any atom is -0.392 e. The van der Waals surface area contributed by atoms with Crippen LogP contribution in [0.15, 0.2) is 24.3 Å². The summed E-state index contributed by atoms with van der Waals surface area (Å²) in [6.07, 6.45) is 0.290. The summed E-state index contributed by atoms with van der Waals surface area (Å²) in [5.74, 6) is -0.264. The van der Waals surface area contributed by atoms with Crippen LogP contribution in [0, 0.1) is 5.82 Å². The molecule has 1 rings (SSSR count). The lowest BCUT2D eigenvalue weighted by Crippen LogP contribution is -2.33. The van der Waals surface area contributed by atoms with Crippen LogP contribution in [0.1, 0.15) is 13.3 Å². The van der Waals surface area contributed by atoms with Gasteiger partial charge >= 0.3 is 0 Å². The van der Waals surface area contributed by atoms with Gasteiger partial charge in [-0.3, -0.25) is 0 Å². The Balaban J connectivity index is 2.78. The molecular weight excluding hydrogens is 207 g/mol. The van der Waals surface area contributed by atoms with E-state index in [9.17, 15) is 9.50 Å². The highest BCUT2D eigenvalue weighted by atomic mass is 19.1. The van der Waals surface area contributed by atoms with Crippen molar-refractivity contribution in [2.75, 3.05) is 24.5 Å². The first kappa shape index (κ1) is 12.9. The fourth-order valence-corrected chi connectivity index (χ4v) is 1.62. The molecule has 3 nitrogen and oxygen atoms in total. The maximum atomic E-state index is 13.6. The second-order valence-electron chi connectivity index (χ2n) is 3.89. The molecule has 4 heteroatoms. The minimum atomic E-state index is -0.489. The Bertz CT molecular complexity index is 318. The van der Waals surface area contributed by atoms with Gasteiger partial charge in [-0.15, -0.1) is 0 Å². The number of nitrogens with zero attached hydrogens (tertiary/aromatic N) is 1. The Kier molecular flexibility index (Phi) is 5.22. The minimum absolute atomic E-state index is 0.264. The van der Waals surface area contributed by atoms with Gasteiger partial charge in [0.25, 0.3) is 0 Å². The van der Waals surface area contributed by atoms with Crippen LogP contribution in [0.25, 0.3) is 0 Å². The van der Waals surface area contributed by atoms with E-state index < -0.39 is 6.10 Å². The predicted octanol–water partition coefficient (Wildman–Crippen LogP) is 1.36. The molecule has 1 aromatic rings. The van der Waals surface area contributed by atoms with Gasteiger partial charge in [-0.2, -0.15) is 0 Å². The van der Waals surface area contributed by atoms with Gasteiger partial charge in [-0.05, 0) is 32.0 Å². The molecule has 0 bridgehead atoms. The van der Waals surface area contributed by atoms with E-state index in [1.165, 1.54) is 6.07 Å². The molecule has 0 aliphatic carbocycles. The standard InChI is InChI=1S/C12H19FN2O/c1-10(16)9-15(8-4-7-14)12-6-3-2-5-11(12)13/h2-3,5-6,10,16H,4,7-9,14H2,1H3. The number of para-hydroxylation sites is 1. The summed E-state index contributed by atoms with van der Waals surface area (Å²) in [5, 5.41) is 9.38. The molecular formula is C12H19FN2O. The fourth-order valence-electron chi connectivity index (χ4n) is 1.62. The van der Waals surface area contributed by atoms with Gasteiger partial charge in [-0.25, -0.2) is 4.39 Å². The first-order valence-corrected chi connectivity index (χ1v) is 5.52. The van der Waals surface area contributed by atoms with Crippen molar-refractivity contribution in [3.05, 3.63) is 30.1 Å². The third-order valence-electron chi connectivity index (χ3n) is 2.31. The van der Waals surface area contributed by atoms with Crippen LogP contribution in [0.2, 0.25) is 0 Å². The molecule has 90 valence electrons. The molecule has 0 aliphatic rings. The zero-order chi connectivity index (χ0) is 12.0. The quantitative estimate of drug-likeness (QED) is 0.770. The molecule has 0 aliphatic heterocycles. The molecule has 0 fully saturated rings. The van der Waals surface area contributed by atoms with E-state index in [0.29, 0.717) is 25.3 Å². The SMILES string of the molecule is CC(O)CN(CCCN)c1ccccc1F. The Hall–Kier alpha value is -1.13. The number of anilines is 1. The van der Waals surface area contributed by atoms with Crippen molar-refractivity contribution in [1.82, 2.24) is 0 Å². The summed E-state index contributed by atoms with van der Waals surface area (Å²) in [7, 11) is 0. The van der Waals surface area contributed by atoms with E-state index in [1.807, 2.05) is 4.90 Å². The van der Waals surface area contributed by atoms with E-state index in [1.54, 1.807) is 25.1 Å². The van der Waals surface area contributed by atoms with E-state index in [-0.39, 0.29) is 5.82 Å². The number of hydrogen-bond acceptors (Lipinski definition) is 3. The summed E-state index contributed by atoms with van der Waals surface area (Å²) in [4.78, 5) is 1.83. The number of aliphatic hydroxyl groups excluding tert-OH is 1. The molecule has 0 spiro atoms. The smallest absolute Gasteiger partial charge is 0.146 e. The summed E-state index contributed by atoms with van der Waals surface area (Å²) in [6, 6.07) is 6.58. The highest BCUT2D eigenvalue weighted by molar-refractivity contribution is 5.47. The van der Waals surface area contributed by atoms with Crippen LogP contribution in [-0.4, -0.2) is 30.8 Å². The molecule has 0 heterocycles. The molecule has 0 aromatic heterocycles. The monoisotopic (exact) mass is 226 g/mol. The van der Waals surface area contributed by atoms with Crippen molar-refractivity contribution in [2.45, 2.75) is 19.4 Å². The topological polar surface area (TPSA) is 49.5 Å². The van der Waals surface area contributed by atoms with Gasteiger partial charge in [0.15, 0.2) is 0 Å². The lowest BCUT2D eigenvalue weighted by atomic mass is 10.2. The number of benzene rings is 1. The third kappa shape index (κ3) is 3.79. The van der Waals surface area contributed by atoms with Crippen molar-refractivity contribution in [3.8, 4) is 0 Å². The van der Waals surface area contributed by atoms with Crippen molar-refractivity contribution in [1.29, 1.82) is 0 Å². The number of rotatable bonds is 6. The van der Waals surface area contributed by atoms with Crippen LogP contribution in [0.5, 0.6) is 0 Å². The number of hydrogen-bond donors (Lipinski definition) is 2. The Morgan fingerprint density at radius 2 is 2.12 bits per heavy atom. The highest BCUT2D eigenvalue weighted by Crippen LogP contribution is 2.19. The fraction of sp³-hybridized carbons (Fsp3) is 0.500. The molecule has 0 saturated carbocycles. The van der Waals surface area contributed by atoms with Gasteiger partial charge in [-0.1, -0.05) is 12.1 Å². The lowest BCUT2D eigenvalue weighted by molar-refractivity contribution is 0.199. The second kappa shape index (κ2) is 6.45. The number of halogens is 1. The highest BCUT2D eigenvalue weighted by Gasteiger charge is 2.12. The molecule has 0 radical (unpaired) electrons. The maximum Gasteiger partial charge on any atom is 0.146 e. The predicted molar refractivity (Wildman–Crippen MR) is 64.0 cm³/mol. The molecule has 1 unspecified atom stereocenters. The van der Waals surface area contributed by atoms with E-state index >= 15 is 0 Å². The summed E-state index contributed by atoms with van der Waals surface area (Å²) in [5.41, 5.74) is 5.97. The van der Waals surface area contributed by atoms with Crippen LogP contribution < -0.4 is 10.6 Å². The second-order valence-corrected chi connectivity index (χ2v) is 3.89. The van der Waals surface area contributed by atoms with Gasteiger partial charge in [0.05, 0.1) is 11.8 Å². The van der Waals surface area contributed by atoms with E-state index in [2.05, 4.69) is 0 Å². The molecule has 3 N–H and O–H groups in total. The van der Waals surface area contributed by atoms with Crippen LogP contribution in [0.3, 0.4) is 0 Å². The zero-order valence-electron chi connectivity index (χ0n) is 9.56. The third-order valence-corrected chi connectivity index (χ3v) is 2.31. The van der Waals surface area contributed by atoms with Crippen molar-refractivity contribution in [2.24, 2.45) is 5.73 Å². The van der Waals surface area contributed by atoms with Crippen LogP contribution >= 0.6 is 0 Å². The molecule has 1 aromatic carbocycles. The summed E-state index contributed by atoms with van der Waals surface area (Å²) < 4.78 is 13.6. The molecule has 1 atom stereocenters. The molecule has 0 saturated heterocycles. The average molecular weight is 226 g/mol. The summed E-state index contributed by atoms with van der Waals surface area (Å²) >= 11 is 0. The largest absolute Gasteiger partial charge is 0.392 e. The first-order chi connectivity index (χ1) is 7.65. The van der Waals surface area contributed by atoms with Gasteiger partial charge in [0.1, 0.15) is 5.82 Å². The van der Waals surface area contributed by atoms with E-state index in [0.717, 1.165) is 6.42 Å².